The number of nitrogens with zero attached hydrogens (tertiary/aromatic N) is 5. The second-order valence-corrected chi connectivity index (χ2v) is 4.87. The molecule has 0 bridgehead atoms. The Morgan fingerprint density at radius 2 is 2.19 bits per heavy atom. The molecule has 1 aromatic carbocycles. The number of benzene rings is 1. The van der Waals surface area contributed by atoms with E-state index in [1.165, 1.54) is 0 Å². The molecule has 0 saturated heterocycles. The van der Waals surface area contributed by atoms with Crippen LogP contribution in [0.5, 0.6) is 0 Å². The molecule has 0 amide bonds. The third-order valence-corrected chi connectivity index (χ3v) is 3.39. The van der Waals surface area contributed by atoms with E-state index in [2.05, 4.69) is 15.1 Å². The number of carboxylic acid groups (broad SMARTS) is 1. The van der Waals surface area contributed by atoms with E-state index in [1.54, 1.807) is 23.1 Å². The summed E-state index contributed by atoms with van der Waals surface area (Å²) < 4.78 is 3.56. The lowest BCUT2D eigenvalue weighted by Gasteiger charge is -2.07. The van der Waals surface area contributed by atoms with Crippen LogP contribution in [0.3, 0.4) is 0 Å². The van der Waals surface area contributed by atoms with Crippen molar-refractivity contribution in [1.29, 1.82) is 0 Å². The molecule has 0 saturated carbocycles. The van der Waals surface area contributed by atoms with Gasteiger partial charge in [0.1, 0.15) is 12.2 Å². The van der Waals surface area contributed by atoms with Crippen molar-refractivity contribution in [3.63, 3.8) is 0 Å². The molecule has 2 aromatic heterocycles. The van der Waals surface area contributed by atoms with Gasteiger partial charge < -0.3 is 9.67 Å². The first kappa shape index (κ1) is 13.3. The van der Waals surface area contributed by atoms with E-state index in [1.807, 2.05) is 24.6 Å². The molecule has 0 radical (unpaired) electrons. The van der Waals surface area contributed by atoms with Gasteiger partial charge in [-0.1, -0.05) is 6.07 Å². The van der Waals surface area contributed by atoms with Gasteiger partial charge in [-0.3, -0.25) is 4.68 Å². The summed E-state index contributed by atoms with van der Waals surface area (Å²) in [5.74, 6) is 0.568. The summed E-state index contributed by atoms with van der Waals surface area (Å²) in [5, 5.41) is 13.6. The molecule has 0 fully saturated rings. The summed E-state index contributed by atoms with van der Waals surface area (Å²) in [6, 6.07) is 5.13. The number of fused-ring (bicyclic) bond motifs is 1. The van der Waals surface area contributed by atoms with Crippen molar-refractivity contribution in [3.05, 3.63) is 41.7 Å². The van der Waals surface area contributed by atoms with Crippen molar-refractivity contribution in [2.75, 3.05) is 0 Å². The number of hydrogen-bond donors (Lipinski definition) is 1. The van der Waals surface area contributed by atoms with Crippen molar-refractivity contribution >= 4 is 17.0 Å². The topological polar surface area (TPSA) is 85.8 Å². The highest BCUT2D eigenvalue weighted by Gasteiger charge is 2.16. The van der Waals surface area contributed by atoms with E-state index in [0.29, 0.717) is 24.0 Å². The van der Waals surface area contributed by atoms with E-state index in [-0.39, 0.29) is 5.56 Å². The van der Waals surface area contributed by atoms with E-state index < -0.39 is 5.97 Å². The number of rotatable bonds is 4. The van der Waals surface area contributed by atoms with Gasteiger partial charge in [-0.15, -0.1) is 0 Å². The maximum Gasteiger partial charge on any atom is 0.337 e. The van der Waals surface area contributed by atoms with Gasteiger partial charge in [-0.25, -0.2) is 14.8 Å². The van der Waals surface area contributed by atoms with Gasteiger partial charge in [0.25, 0.3) is 0 Å². The van der Waals surface area contributed by atoms with Crippen molar-refractivity contribution in [3.8, 4) is 0 Å². The molecule has 3 aromatic rings. The predicted octanol–water partition coefficient (Wildman–Crippen LogP) is 1.41. The molecule has 7 nitrogen and oxygen atoms in total. The molecular formula is C14H15N5O2. The number of carbonyl (C=O) groups is 1. The summed E-state index contributed by atoms with van der Waals surface area (Å²) in [6.07, 6.45) is 2.28. The first-order chi connectivity index (χ1) is 10.1. The van der Waals surface area contributed by atoms with Gasteiger partial charge in [0.15, 0.2) is 5.82 Å². The first-order valence-corrected chi connectivity index (χ1v) is 6.60. The SMILES string of the molecule is Cc1nc2cccc(C(=O)O)c2n1CCc1ncn(C)n1. The van der Waals surface area contributed by atoms with E-state index in [0.717, 1.165) is 11.6 Å². The lowest BCUT2D eigenvalue weighted by atomic mass is 10.2. The minimum Gasteiger partial charge on any atom is -0.478 e. The van der Waals surface area contributed by atoms with Crippen LogP contribution >= 0.6 is 0 Å². The summed E-state index contributed by atoms with van der Waals surface area (Å²) in [4.78, 5) is 20.0. The molecule has 0 atom stereocenters. The maximum atomic E-state index is 11.4. The Labute approximate surface area is 120 Å². The minimum absolute atomic E-state index is 0.266. The van der Waals surface area contributed by atoms with Crippen LogP contribution in [0.25, 0.3) is 11.0 Å². The Balaban J connectivity index is 2.01. The number of aryl methyl sites for hydroxylation is 4. The highest BCUT2D eigenvalue weighted by Crippen LogP contribution is 2.21. The second-order valence-electron chi connectivity index (χ2n) is 4.87. The monoisotopic (exact) mass is 285 g/mol. The number of hydrogen-bond acceptors (Lipinski definition) is 4. The number of aromatic nitrogens is 5. The highest BCUT2D eigenvalue weighted by atomic mass is 16.4. The summed E-state index contributed by atoms with van der Waals surface area (Å²) >= 11 is 0. The molecule has 0 spiro atoms. The van der Waals surface area contributed by atoms with Crippen LogP contribution in [0.1, 0.15) is 22.0 Å². The molecule has 1 N–H and O–H groups in total. The van der Waals surface area contributed by atoms with Gasteiger partial charge in [0, 0.05) is 20.0 Å². The van der Waals surface area contributed by atoms with Crippen LogP contribution in [0.4, 0.5) is 0 Å². The molecule has 0 unspecified atom stereocenters. The zero-order chi connectivity index (χ0) is 15.0. The first-order valence-electron chi connectivity index (χ1n) is 6.60. The minimum atomic E-state index is -0.947. The number of aromatic carboxylic acids is 1. The van der Waals surface area contributed by atoms with Crippen LogP contribution in [-0.4, -0.2) is 35.4 Å². The molecule has 2 heterocycles. The summed E-state index contributed by atoms with van der Waals surface area (Å²) in [7, 11) is 1.82. The van der Waals surface area contributed by atoms with Gasteiger partial charge in [-0.2, -0.15) is 5.10 Å². The van der Waals surface area contributed by atoms with Crippen molar-refractivity contribution in [2.45, 2.75) is 19.9 Å². The third kappa shape index (κ3) is 2.37. The van der Waals surface area contributed by atoms with Crippen LogP contribution in [0.15, 0.2) is 24.5 Å². The molecule has 0 aliphatic carbocycles. The molecular weight excluding hydrogens is 270 g/mol. The Kier molecular flexibility index (Phi) is 3.17. The average molecular weight is 285 g/mol. The van der Waals surface area contributed by atoms with E-state index >= 15 is 0 Å². The fourth-order valence-electron chi connectivity index (χ4n) is 2.46. The van der Waals surface area contributed by atoms with E-state index in [9.17, 15) is 9.90 Å². The lowest BCUT2D eigenvalue weighted by Crippen LogP contribution is -2.08. The lowest BCUT2D eigenvalue weighted by molar-refractivity contribution is 0.0698. The molecule has 7 heteroatoms. The standard InChI is InChI=1S/C14H15N5O2/c1-9-16-11-5-3-4-10(14(20)21)13(11)19(9)7-6-12-15-8-18(2)17-12/h3-5,8H,6-7H2,1-2H3,(H,20,21). The zero-order valence-electron chi connectivity index (χ0n) is 11.8. The average Bonchev–Trinajstić information content (AvgIpc) is 2.98. The third-order valence-electron chi connectivity index (χ3n) is 3.39. The van der Waals surface area contributed by atoms with Crippen LogP contribution in [-0.2, 0) is 20.0 Å². The number of imidazole rings is 1. The Morgan fingerprint density at radius 3 is 2.86 bits per heavy atom. The van der Waals surface area contributed by atoms with Crippen LogP contribution in [0, 0.1) is 6.92 Å². The molecule has 0 aliphatic rings. The number of para-hydroxylation sites is 1. The Bertz CT molecular complexity index is 818. The van der Waals surface area contributed by atoms with Crippen LogP contribution < -0.4 is 0 Å². The smallest absolute Gasteiger partial charge is 0.337 e. The predicted molar refractivity (Wildman–Crippen MR) is 76.1 cm³/mol. The highest BCUT2D eigenvalue weighted by molar-refractivity contribution is 6.01. The normalized spacial score (nSPS) is 11.1. The van der Waals surface area contributed by atoms with Gasteiger partial charge in [-0.05, 0) is 19.1 Å². The second kappa shape index (κ2) is 5.01. The molecule has 0 aliphatic heterocycles. The van der Waals surface area contributed by atoms with Crippen molar-refractivity contribution in [1.82, 2.24) is 24.3 Å². The Morgan fingerprint density at radius 1 is 1.38 bits per heavy atom. The maximum absolute atomic E-state index is 11.4. The largest absolute Gasteiger partial charge is 0.478 e. The van der Waals surface area contributed by atoms with Crippen LogP contribution in [0.2, 0.25) is 0 Å². The molecule has 3 rings (SSSR count). The van der Waals surface area contributed by atoms with Gasteiger partial charge >= 0.3 is 5.97 Å². The number of carboxylic acids is 1. The molecule has 108 valence electrons. The van der Waals surface area contributed by atoms with Gasteiger partial charge in [0.2, 0.25) is 0 Å². The zero-order valence-corrected chi connectivity index (χ0v) is 11.8. The summed E-state index contributed by atoms with van der Waals surface area (Å²) in [5.41, 5.74) is 1.61. The van der Waals surface area contributed by atoms with Gasteiger partial charge in [0.05, 0.1) is 16.6 Å². The fraction of sp³-hybridized carbons (Fsp3) is 0.286. The summed E-state index contributed by atoms with van der Waals surface area (Å²) in [6.45, 7) is 2.47. The van der Waals surface area contributed by atoms with Crippen molar-refractivity contribution in [2.24, 2.45) is 7.05 Å². The molecule has 21 heavy (non-hydrogen) atoms. The van der Waals surface area contributed by atoms with E-state index in [4.69, 9.17) is 0 Å². The Hall–Kier alpha value is -2.70. The quantitative estimate of drug-likeness (QED) is 0.783. The van der Waals surface area contributed by atoms with Crippen molar-refractivity contribution < 1.29 is 9.90 Å². The fourth-order valence-corrected chi connectivity index (χ4v) is 2.46.